The second kappa shape index (κ2) is 4.52. The molecule has 0 aliphatic heterocycles. The molecule has 0 saturated heterocycles. The van der Waals surface area contributed by atoms with Gasteiger partial charge >= 0.3 is 12.1 Å². The second-order valence-corrected chi connectivity index (χ2v) is 4.41. The first kappa shape index (κ1) is 13.8. The number of anilines is 1. The fourth-order valence-corrected chi connectivity index (χ4v) is 1.89. The zero-order chi connectivity index (χ0) is 13.3. The van der Waals surface area contributed by atoms with E-state index in [0.29, 0.717) is 19.0 Å². The number of hydrogen-bond acceptors (Lipinski definition) is 4. The first-order valence-corrected chi connectivity index (χ1v) is 5.61. The third-order valence-corrected chi connectivity index (χ3v) is 3.07. The molecule has 1 aromatic heterocycles. The van der Waals surface area contributed by atoms with E-state index in [0.717, 1.165) is 11.3 Å². The Labute approximate surface area is 99.5 Å². The fourth-order valence-electron chi connectivity index (χ4n) is 0.986. The number of thiazole rings is 1. The van der Waals surface area contributed by atoms with Crippen LogP contribution in [0.25, 0.3) is 0 Å². The number of carboxylic acid groups (broad SMARTS) is 1. The molecule has 4 nitrogen and oxygen atoms in total. The molecule has 1 atom stereocenters. The van der Waals surface area contributed by atoms with E-state index in [4.69, 9.17) is 5.11 Å². The maximum atomic E-state index is 12.7. The molecular weight excluding hydrogens is 257 g/mol. The number of hydrogen-bond donors (Lipinski definition) is 2. The monoisotopic (exact) mass is 268 g/mol. The number of carbonyl (C=O) groups is 1. The van der Waals surface area contributed by atoms with E-state index in [-0.39, 0.29) is 5.13 Å². The number of halogens is 3. The first-order chi connectivity index (χ1) is 7.70. The normalized spacial score (nSPS) is 15.4. The Bertz CT molecular complexity index is 419. The van der Waals surface area contributed by atoms with Crippen LogP contribution in [0, 0.1) is 0 Å². The zero-order valence-electron chi connectivity index (χ0n) is 9.13. The highest BCUT2D eigenvalue weighted by molar-refractivity contribution is 7.13. The third-order valence-electron chi connectivity index (χ3n) is 2.27. The second-order valence-electron chi connectivity index (χ2n) is 3.55. The first-order valence-electron chi connectivity index (χ1n) is 4.73. The van der Waals surface area contributed by atoms with Crippen molar-refractivity contribution in [1.82, 2.24) is 4.98 Å². The van der Waals surface area contributed by atoms with Gasteiger partial charge in [0.1, 0.15) is 0 Å². The lowest BCUT2D eigenvalue weighted by Crippen LogP contribution is -2.55. The van der Waals surface area contributed by atoms with E-state index in [1.807, 2.05) is 5.32 Å². The summed E-state index contributed by atoms with van der Waals surface area (Å²) in [4.78, 5) is 14.6. The highest BCUT2D eigenvalue weighted by atomic mass is 32.1. The van der Waals surface area contributed by atoms with Gasteiger partial charge in [0, 0.05) is 5.38 Å². The van der Waals surface area contributed by atoms with Gasteiger partial charge in [0.25, 0.3) is 0 Å². The van der Waals surface area contributed by atoms with Gasteiger partial charge in [0.2, 0.25) is 5.54 Å². The molecule has 2 N–H and O–H groups in total. The Morgan fingerprint density at radius 2 is 2.18 bits per heavy atom. The number of rotatable bonds is 4. The van der Waals surface area contributed by atoms with Crippen molar-refractivity contribution < 1.29 is 23.1 Å². The van der Waals surface area contributed by atoms with Crippen LogP contribution >= 0.6 is 11.3 Å². The molecule has 96 valence electrons. The summed E-state index contributed by atoms with van der Waals surface area (Å²) in [6, 6.07) is 0. The van der Waals surface area contributed by atoms with Crippen molar-refractivity contribution in [3.63, 3.8) is 0 Å². The smallest absolute Gasteiger partial charge is 0.422 e. The summed E-state index contributed by atoms with van der Waals surface area (Å²) in [6.07, 6.45) is -4.33. The van der Waals surface area contributed by atoms with Crippen LogP contribution in [0.4, 0.5) is 18.3 Å². The Kier molecular flexibility index (Phi) is 3.65. The summed E-state index contributed by atoms with van der Waals surface area (Å²) in [6.45, 7) is 2.38. The van der Waals surface area contributed by atoms with Crippen LogP contribution in [0.2, 0.25) is 0 Å². The number of aliphatic carboxylic acids is 1. The van der Waals surface area contributed by atoms with Crippen molar-refractivity contribution in [2.45, 2.75) is 32.0 Å². The lowest BCUT2D eigenvalue weighted by molar-refractivity contribution is -0.192. The van der Waals surface area contributed by atoms with E-state index in [9.17, 15) is 18.0 Å². The summed E-state index contributed by atoms with van der Waals surface area (Å²) < 4.78 is 38.0. The van der Waals surface area contributed by atoms with E-state index >= 15 is 0 Å². The molecule has 1 unspecified atom stereocenters. The van der Waals surface area contributed by atoms with Crippen LogP contribution in [0.1, 0.15) is 19.5 Å². The van der Waals surface area contributed by atoms with Crippen LogP contribution in [-0.4, -0.2) is 27.8 Å². The minimum atomic E-state index is -4.91. The largest absolute Gasteiger partial charge is 0.479 e. The van der Waals surface area contributed by atoms with Gasteiger partial charge in [-0.3, -0.25) is 0 Å². The van der Waals surface area contributed by atoms with Crippen molar-refractivity contribution in [1.29, 1.82) is 0 Å². The van der Waals surface area contributed by atoms with Crippen LogP contribution in [0.15, 0.2) is 5.38 Å². The van der Waals surface area contributed by atoms with Crippen molar-refractivity contribution in [2.24, 2.45) is 0 Å². The number of aromatic nitrogens is 1. The van der Waals surface area contributed by atoms with Gasteiger partial charge < -0.3 is 10.4 Å². The number of nitrogens with one attached hydrogen (secondary N) is 1. The van der Waals surface area contributed by atoms with Crippen LogP contribution in [-0.2, 0) is 11.2 Å². The average molecular weight is 268 g/mol. The predicted octanol–water partition coefficient (Wildman–Crippen LogP) is 2.52. The molecule has 17 heavy (non-hydrogen) atoms. The van der Waals surface area contributed by atoms with E-state index in [2.05, 4.69) is 4.98 Å². The van der Waals surface area contributed by atoms with Gasteiger partial charge in [-0.15, -0.1) is 11.3 Å². The van der Waals surface area contributed by atoms with Gasteiger partial charge in [0.05, 0.1) is 5.69 Å². The van der Waals surface area contributed by atoms with Gasteiger partial charge in [-0.2, -0.15) is 13.2 Å². The third kappa shape index (κ3) is 2.68. The molecule has 0 bridgehead atoms. The Balaban J connectivity index is 2.99. The summed E-state index contributed by atoms with van der Waals surface area (Å²) in [5.74, 6) is -1.99. The molecule has 0 saturated carbocycles. The molecule has 0 amide bonds. The van der Waals surface area contributed by atoms with Crippen LogP contribution in [0.5, 0.6) is 0 Å². The summed E-state index contributed by atoms with van der Waals surface area (Å²) >= 11 is 0.949. The molecule has 1 heterocycles. The van der Waals surface area contributed by atoms with Gasteiger partial charge in [-0.1, -0.05) is 6.92 Å². The maximum Gasteiger partial charge on any atom is 0.422 e. The SMILES string of the molecule is CCc1csc(NC(C)(C(=O)O)C(F)(F)F)n1. The van der Waals surface area contributed by atoms with Crippen LogP contribution in [0.3, 0.4) is 0 Å². The van der Waals surface area contributed by atoms with Crippen molar-refractivity contribution >= 4 is 22.4 Å². The van der Waals surface area contributed by atoms with Gasteiger partial charge in [0.15, 0.2) is 5.13 Å². The zero-order valence-corrected chi connectivity index (χ0v) is 9.95. The molecule has 1 rings (SSSR count). The predicted molar refractivity (Wildman–Crippen MR) is 57.2 cm³/mol. The lowest BCUT2D eigenvalue weighted by atomic mass is 10.0. The quantitative estimate of drug-likeness (QED) is 0.880. The van der Waals surface area contributed by atoms with Crippen LogP contribution < -0.4 is 5.32 Å². The van der Waals surface area contributed by atoms with E-state index in [1.54, 1.807) is 12.3 Å². The lowest BCUT2D eigenvalue weighted by Gasteiger charge is -2.28. The minimum absolute atomic E-state index is 0.0518. The maximum absolute atomic E-state index is 12.7. The molecule has 0 aliphatic carbocycles. The van der Waals surface area contributed by atoms with Crippen molar-refractivity contribution in [3.05, 3.63) is 11.1 Å². The molecule has 1 aromatic rings. The Morgan fingerprint density at radius 1 is 1.59 bits per heavy atom. The number of nitrogens with zero attached hydrogens (tertiary/aromatic N) is 1. The fraction of sp³-hybridized carbons (Fsp3) is 0.556. The summed E-state index contributed by atoms with van der Waals surface area (Å²) in [5.41, 5.74) is -2.41. The number of aryl methyl sites for hydroxylation is 1. The molecule has 0 radical (unpaired) electrons. The summed E-state index contributed by atoms with van der Waals surface area (Å²) in [5, 5.41) is 12.2. The van der Waals surface area contributed by atoms with Gasteiger partial charge in [-0.25, -0.2) is 9.78 Å². The van der Waals surface area contributed by atoms with Crippen molar-refractivity contribution in [2.75, 3.05) is 5.32 Å². The molecule has 0 aliphatic rings. The average Bonchev–Trinajstić information content (AvgIpc) is 2.63. The van der Waals surface area contributed by atoms with Crippen molar-refractivity contribution in [3.8, 4) is 0 Å². The Hall–Kier alpha value is -1.31. The minimum Gasteiger partial charge on any atom is -0.479 e. The standard InChI is InChI=1S/C9H11F3N2O2S/c1-3-5-4-17-7(13-5)14-8(2,6(15)16)9(10,11)12/h4H,3H2,1-2H3,(H,13,14)(H,15,16). The number of carboxylic acids is 1. The molecule has 8 heteroatoms. The molecule has 0 aromatic carbocycles. The highest BCUT2D eigenvalue weighted by Gasteiger charge is 2.58. The number of alkyl halides is 3. The van der Waals surface area contributed by atoms with E-state index in [1.165, 1.54) is 0 Å². The molecular formula is C9H11F3N2O2S. The Morgan fingerprint density at radius 3 is 2.53 bits per heavy atom. The topological polar surface area (TPSA) is 62.2 Å². The highest BCUT2D eigenvalue weighted by Crippen LogP contribution is 2.34. The van der Waals surface area contributed by atoms with Gasteiger partial charge in [-0.05, 0) is 13.3 Å². The summed E-state index contributed by atoms with van der Waals surface area (Å²) in [7, 11) is 0. The van der Waals surface area contributed by atoms with E-state index < -0.39 is 17.7 Å². The molecule has 0 fully saturated rings. The molecule has 0 spiro atoms.